The molecule has 0 spiro atoms. The SMILES string of the molecule is CCn1ncc(Br)c1C(=O)C1CCC(CN)O1. The molecule has 2 rings (SSSR count). The molecule has 0 aliphatic carbocycles. The number of halogens is 1. The van der Waals surface area contributed by atoms with Gasteiger partial charge < -0.3 is 10.5 Å². The summed E-state index contributed by atoms with van der Waals surface area (Å²) in [7, 11) is 0. The molecule has 1 aliphatic heterocycles. The molecule has 0 aromatic carbocycles. The number of rotatable bonds is 4. The molecule has 0 radical (unpaired) electrons. The zero-order valence-corrected chi connectivity index (χ0v) is 11.3. The van der Waals surface area contributed by atoms with E-state index in [0.29, 0.717) is 18.8 Å². The van der Waals surface area contributed by atoms with Crippen LogP contribution in [0.15, 0.2) is 10.7 Å². The molecule has 0 amide bonds. The van der Waals surface area contributed by atoms with Gasteiger partial charge in [-0.2, -0.15) is 5.10 Å². The van der Waals surface area contributed by atoms with Crippen molar-refractivity contribution in [2.24, 2.45) is 5.73 Å². The Kier molecular flexibility index (Phi) is 3.96. The fourth-order valence-corrected chi connectivity index (χ4v) is 2.56. The Morgan fingerprint density at radius 3 is 3.06 bits per heavy atom. The minimum absolute atomic E-state index is 0.00725. The van der Waals surface area contributed by atoms with E-state index in [1.165, 1.54) is 0 Å². The summed E-state index contributed by atoms with van der Waals surface area (Å²) in [5.74, 6) is -0.00725. The molecule has 17 heavy (non-hydrogen) atoms. The van der Waals surface area contributed by atoms with E-state index in [-0.39, 0.29) is 18.0 Å². The van der Waals surface area contributed by atoms with Crippen molar-refractivity contribution < 1.29 is 9.53 Å². The van der Waals surface area contributed by atoms with E-state index >= 15 is 0 Å². The Bertz CT molecular complexity index is 419. The first-order valence-corrected chi connectivity index (χ1v) is 6.57. The average molecular weight is 302 g/mol. The van der Waals surface area contributed by atoms with Crippen LogP contribution in [0.4, 0.5) is 0 Å². The molecule has 2 unspecified atom stereocenters. The highest BCUT2D eigenvalue weighted by atomic mass is 79.9. The molecule has 1 aromatic rings. The molecule has 0 saturated carbocycles. The summed E-state index contributed by atoms with van der Waals surface area (Å²) in [5.41, 5.74) is 6.13. The molecular formula is C11H16BrN3O2. The second kappa shape index (κ2) is 5.29. The lowest BCUT2D eigenvalue weighted by Gasteiger charge is -2.12. The normalized spacial score (nSPS) is 24.2. The van der Waals surface area contributed by atoms with Crippen LogP contribution in [0.5, 0.6) is 0 Å². The van der Waals surface area contributed by atoms with Gasteiger partial charge in [0.25, 0.3) is 0 Å². The molecule has 2 atom stereocenters. The molecule has 94 valence electrons. The van der Waals surface area contributed by atoms with E-state index in [9.17, 15) is 4.79 Å². The number of aryl methyl sites for hydroxylation is 1. The number of carbonyl (C=O) groups is 1. The van der Waals surface area contributed by atoms with Gasteiger partial charge in [-0.15, -0.1) is 0 Å². The molecule has 1 fully saturated rings. The topological polar surface area (TPSA) is 70.1 Å². The minimum atomic E-state index is -0.373. The number of hydrogen-bond acceptors (Lipinski definition) is 4. The molecule has 5 nitrogen and oxygen atoms in total. The Balaban J connectivity index is 2.17. The molecule has 6 heteroatoms. The lowest BCUT2D eigenvalue weighted by atomic mass is 10.1. The monoisotopic (exact) mass is 301 g/mol. The molecule has 1 aromatic heterocycles. The van der Waals surface area contributed by atoms with Crippen LogP contribution < -0.4 is 5.73 Å². The number of carbonyl (C=O) groups excluding carboxylic acids is 1. The van der Waals surface area contributed by atoms with Gasteiger partial charge in [-0.25, -0.2) is 0 Å². The van der Waals surface area contributed by atoms with Crippen molar-refractivity contribution in [3.05, 3.63) is 16.4 Å². The predicted octanol–water partition coefficient (Wildman–Crippen LogP) is 1.35. The average Bonchev–Trinajstić information content (AvgIpc) is 2.94. The lowest BCUT2D eigenvalue weighted by molar-refractivity contribution is 0.0395. The van der Waals surface area contributed by atoms with Gasteiger partial charge in [-0.1, -0.05) is 0 Å². The van der Waals surface area contributed by atoms with Crippen LogP contribution in [-0.4, -0.2) is 34.3 Å². The zero-order valence-electron chi connectivity index (χ0n) is 9.73. The van der Waals surface area contributed by atoms with E-state index < -0.39 is 0 Å². The Hall–Kier alpha value is -0.720. The van der Waals surface area contributed by atoms with E-state index in [0.717, 1.165) is 17.3 Å². The summed E-state index contributed by atoms with van der Waals surface area (Å²) < 4.78 is 8.03. The van der Waals surface area contributed by atoms with Crippen molar-refractivity contribution in [3.63, 3.8) is 0 Å². The van der Waals surface area contributed by atoms with Gasteiger partial charge in [0.2, 0.25) is 5.78 Å². The maximum Gasteiger partial charge on any atom is 0.210 e. The first kappa shape index (κ1) is 12.7. The zero-order chi connectivity index (χ0) is 12.4. The fraction of sp³-hybridized carbons (Fsp3) is 0.636. The van der Waals surface area contributed by atoms with Crippen LogP contribution in [0.1, 0.15) is 30.3 Å². The lowest BCUT2D eigenvalue weighted by Crippen LogP contribution is -2.27. The Labute approximate surface area is 108 Å². The van der Waals surface area contributed by atoms with Gasteiger partial charge in [0.15, 0.2) is 0 Å². The van der Waals surface area contributed by atoms with Gasteiger partial charge in [0.1, 0.15) is 11.8 Å². The molecule has 0 bridgehead atoms. The summed E-state index contributed by atoms with van der Waals surface area (Å²) >= 11 is 3.35. The van der Waals surface area contributed by atoms with Crippen molar-refractivity contribution in [3.8, 4) is 0 Å². The quantitative estimate of drug-likeness (QED) is 0.853. The highest BCUT2D eigenvalue weighted by Crippen LogP contribution is 2.25. The first-order valence-electron chi connectivity index (χ1n) is 5.78. The number of aromatic nitrogens is 2. The van der Waals surface area contributed by atoms with Gasteiger partial charge >= 0.3 is 0 Å². The van der Waals surface area contributed by atoms with Gasteiger partial charge in [0, 0.05) is 13.1 Å². The summed E-state index contributed by atoms with van der Waals surface area (Å²) in [6.07, 6.45) is 2.88. The van der Waals surface area contributed by atoms with Crippen LogP contribution in [0.25, 0.3) is 0 Å². The molecule has 1 aliphatic rings. The maximum absolute atomic E-state index is 12.3. The third-order valence-corrected chi connectivity index (χ3v) is 3.57. The largest absolute Gasteiger partial charge is 0.365 e. The predicted molar refractivity (Wildman–Crippen MR) is 66.9 cm³/mol. The molecule has 2 heterocycles. The summed E-state index contributed by atoms with van der Waals surface area (Å²) in [5, 5.41) is 4.13. The number of nitrogens with two attached hydrogens (primary N) is 1. The van der Waals surface area contributed by atoms with E-state index in [1.54, 1.807) is 10.9 Å². The maximum atomic E-state index is 12.3. The van der Waals surface area contributed by atoms with Crippen molar-refractivity contribution in [2.45, 2.75) is 38.5 Å². The van der Waals surface area contributed by atoms with Gasteiger partial charge in [-0.3, -0.25) is 9.48 Å². The number of ether oxygens (including phenoxy) is 1. The standard InChI is InChI=1S/C11H16BrN3O2/c1-2-15-10(8(12)6-14-15)11(16)9-4-3-7(5-13)17-9/h6-7,9H,2-5,13H2,1H3. The van der Waals surface area contributed by atoms with E-state index in [2.05, 4.69) is 21.0 Å². The summed E-state index contributed by atoms with van der Waals surface area (Å²) in [6.45, 7) is 3.09. The van der Waals surface area contributed by atoms with E-state index in [1.807, 2.05) is 6.92 Å². The van der Waals surface area contributed by atoms with E-state index in [4.69, 9.17) is 10.5 Å². The van der Waals surface area contributed by atoms with Crippen LogP contribution >= 0.6 is 15.9 Å². The summed E-state index contributed by atoms with van der Waals surface area (Å²) in [4.78, 5) is 12.3. The Morgan fingerprint density at radius 1 is 1.71 bits per heavy atom. The van der Waals surface area contributed by atoms with Gasteiger partial charge in [0.05, 0.1) is 16.8 Å². The smallest absolute Gasteiger partial charge is 0.210 e. The van der Waals surface area contributed by atoms with Crippen molar-refractivity contribution >= 4 is 21.7 Å². The van der Waals surface area contributed by atoms with Crippen molar-refractivity contribution in [1.82, 2.24) is 9.78 Å². The Morgan fingerprint density at radius 2 is 2.47 bits per heavy atom. The van der Waals surface area contributed by atoms with Gasteiger partial charge in [-0.05, 0) is 35.7 Å². The highest BCUT2D eigenvalue weighted by Gasteiger charge is 2.33. The van der Waals surface area contributed by atoms with Crippen LogP contribution in [0.2, 0.25) is 0 Å². The van der Waals surface area contributed by atoms with Crippen LogP contribution in [0.3, 0.4) is 0 Å². The number of Topliss-reactive ketones (excluding diaryl/α,β-unsaturated/α-hetero) is 1. The molecule has 2 N–H and O–H groups in total. The van der Waals surface area contributed by atoms with Crippen molar-refractivity contribution in [1.29, 1.82) is 0 Å². The third-order valence-electron chi connectivity index (χ3n) is 2.99. The first-order chi connectivity index (χ1) is 8.17. The second-order valence-electron chi connectivity index (χ2n) is 4.08. The fourth-order valence-electron chi connectivity index (χ4n) is 2.07. The summed E-state index contributed by atoms with van der Waals surface area (Å²) in [6, 6.07) is 0. The third kappa shape index (κ3) is 2.43. The van der Waals surface area contributed by atoms with Crippen molar-refractivity contribution in [2.75, 3.05) is 6.54 Å². The van der Waals surface area contributed by atoms with Crippen LogP contribution in [-0.2, 0) is 11.3 Å². The minimum Gasteiger partial charge on any atom is -0.365 e. The number of ketones is 1. The van der Waals surface area contributed by atoms with Crippen LogP contribution in [0, 0.1) is 0 Å². The number of hydrogen-bond donors (Lipinski definition) is 1. The molecular weight excluding hydrogens is 286 g/mol. The second-order valence-corrected chi connectivity index (χ2v) is 4.94. The highest BCUT2D eigenvalue weighted by molar-refractivity contribution is 9.10. The molecule has 1 saturated heterocycles. The number of nitrogens with zero attached hydrogens (tertiary/aromatic N) is 2.